The van der Waals surface area contributed by atoms with Gasteiger partial charge in [-0.05, 0) is 42.5 Å². The number of oxazole rings is 1. The van der Waals surface area contributed by atoms with Crippen LogP contribution in [0.4, 0.5) is 0 Å². The third-order valence-corrected chi connectivity index (χ3v) is 3.85. The molecule has 6 heteroatoms. The van der Waals surface area contributed by atoms with Gasteiger partial charge in [0.2, 0.25) is 5.12 Å². The lowest BCUT2D eigenvalue weighted by Crippen LogP contribution is -1.92. The fourth-order valence-corrected chi connectivity index (χ4v) is 2.63. The Morgan fingerprint density at radius 2 is 1.75 bits per heavy atom. The molecule has 0 aliphatic carbocycles. The first-order chi connectivity index (χ1) is 9.61. The van der Waals surface area contributed by atoms with Gasteiger partial charge in [0.05, 0.1) is 0 Å². The fourth-order valence-electron chi connectivity index (χ4n) is 1.65. The average Bonchev–Trinajstić information content (AvgIpc) is 2.80. The fraction of sp³-hybridized carbons (Fsp3) is 0. The average molecular weight is 324 g/mol. The zero-order valence-corrected chi connectivity index (χ0v) is 12.3. The van der Waals surface area contributed by atoms with Gasteiger partial charge in [-0.15, -0.1) is 0 Å². The molecule has 0 radical (unpaired) electrons. The summed E-state index contributed by atoms with van der Waals surface area (Å²) in [6.45, 7) is 0. The van der Waals surface area contributed by atoms with Gasteiger partial charge in [-0.1, -0.05) is 23.2 Å². The van der Waals surface area contributed by atoms with Crippen LogP contribution in [0.25, 0.3) is 11.1 Å². The molecule has 0 fully saturated rings. The molecule has 0 saturated carbocycles. The SMILES string of the molecule is O=C(Sc1nc2cc(Cl)ccc2o1)c1ccc(Cl)cc1. The monoisotopic (exact) mass is 323 g/mol. The molecule has 20 heavy (non-hydrogen) atoms. The molecule has 3 rings (SSSR count). The highest BCUT2D eigenvalue weighted by Crippen LogP contribution is 2.28. The van der Waals surface area contributed by atoms with E-state index in [1.165, 1.54) is 0 Å². The van der Waals surface area contributed by atoms with Gasteiger partial charge >= 0.3 is 0 Å². The van der Waals surface area contributed by atoms with Crippen molar-refractivity contribution in [3.63, 3.8) is 0 Å². The third-order valence-electron chi connectivity index (χ3n) is 2.59. The van der Waals surface area contributed by atoms with Crippen molar-refractivity contribution in [2.24, 2.45) is 0 Å². The highest BCUT2D eigenvalue weighted by atomic mass is 35.5. The van der Waals surface area contributed by atoms with E-state index in [1.54, 1.807) is 42.5 Å². The van der Waals surface area contributed by atoms with Crippen molar-refractivity contribution in [1.82, 2.24) is 4.98 Å². The summed E-state index contributed by atoms with van der Waals surface area (Å²) in [6, 6.07) is 11.8. The van der Waals surface area contributed by atoms with Gasteiger partial charge < -0.3 is 4.42 Å². The van der Waals surface area contributed by atoms with Crippen LogP contribution in [0.15, 0.2) is 52.1 Å². The molecule has 3 nitrogen and oxygen atoms in total. The maximum atomic E-state index is 12.1. The molecule has 3 aromatic rings. The van der Waals surface area contributed by atoms with Gasteiger partial charge in [0.1, 0.15) is 5.52 Å². The van der Waals surface area contributed by atoms with Crippen molar-refractivity contribution in [2.45, 2.75) is 5.22 Å². The predicted molar refractivity (Wildman–Crippen MR) is 80.7 cm³/mol. The molecule has 1 aromatic heterocycles. The zero-order chi connectivity index (χ0) is 14.1. The maximum absolute atomic E-state index is 12.1. The standard InChI is InChI=1S/C14H7Cl2NO2S/c15-9-3-1-8(2-4-9)13(18)20-14-17-11-7-10(16)5-6-12(11)19-14/h1-7H. The number of hydrogen-bond acceptors (Lipinski definition) is 4. The predicted octanol–water partition coefficient (Wildman–Crippen LogP) is 5.07. The second-order valence-corrected chi connectivity index (χ2v) is 5.79. The lowest BCUT2D eigenvalue weighted by atomic mass is 10.2. The molecule has 0 atom stereocenters. The molecule has 0 saturated heterocycles. The zero-order valence-electron chi connectivity index (χ0n) is 9.97. The van der Waals surface area contributed by atoms with Crippen molar-refractivity contribution < 1.29 is 9.21 Å². The number of rotatable bonds is 2. The molecule has 1 heterocycles. The summed E-state index contributed by atoms with van der Waals surface area (Å²) in [7, 11) is 0. The molecule has 0 unspecified atom stereocenters. The van der Waals surface area contributed by atoms with E-state index >= 15 is 0 Å². The van der Waals surface area contributed by atoms with Crippen LogP contribution in [-0.4, -0.2) is 10.1 Å². The number of halogens is 2. The molecule has 0 spiro atoms. The first-order valence-corrected chi connectivity index (χ1v) is 7.23. The summed E-state index contributed by atoms with van der Waals surface area (Å²) in [5, 5.41) is 1.30. The minimum absolute atomic E-state index is 0.153. The molecule has 100 valence electrons. The lowest BCUT2D eigenvalue weighted by Gasteiger charge is -1.97. The number of thioether (sulfide) groups is 1. The van der Waals surface area contributed by atoms with Crippen LogP contribution in [0.1, 0.15) is 10.4 Å². The molecule has 0 N–H and O–H groups in total. The molecular weight excluding hydrogens is 317 g/mol. The quantitative estimate of drug-likeness (QED) is 0.618. The number of carbonyl (C=O) groups excluding carboxylic acids is 1. The highest BCUT2D eigenvalue weighted by Gasteiger charge is 2.13. The number of aromatic nitrogens is 1. The van der Waals surface area contributed by atoms with Crippen LogP contribution in [0.5, 0.6) is 0 Å². The van der Waals surface area contributed by atoms with E-state index in [0.717, 1.165) is 11.8 Å². The van der Waals surface area contributed by atoms with E-state index in [-0.39, 0.29) is 5.12 Å². The maximum Gasteiger partial charge on any atom is 0.264 e. The van der Waals surface area contributed by atoms with Gasteiger partial charge in [0, 0.05) is 27.4 Å². The van der Waals surface area contributed by atoms with E-state index in [2.05, 4.69) is 4.98 Å². The van der Waals surface area contributed by atoms with Crippen molar-refractivity contribution in [1.29, 1.82) is 0 Å². The number of nitrogens with zero attached hydrogens (tertiary/aromatic N) is 1. The number of benzene rings is 2. The van der Waals surface area contributed by atoms with E-state index in [1.807, 2.05) is 0 Å². The summed E-state index contributed by atoms with van der Waals surface area (Å²) in [5.41, 5.74) is 1.77. The number of fused-ring (bicyclic) bond motifs is 1. The highest BCUT2D eigenvalue weighted by molar-refractivity contribution is 8.14. The van der Waals surface area contributed by atoms with Crippen LogP contribution in [0.2, 0.25) is 10.0 Å². The van der Waals surface area contributed by atoms with Crippen LogP contribution in [0.3, 0.4) is 0 Å². The van der Waals surface area contributed by atoms with E-state index in [0.29, 0.717) is 31.9 Å². The Balaban J connectivity index is 1.85. The first kappa shape index (κ1) is 13.5. The summed E-state index contributed by atoms with van der Waals surface area (Å²) >= 11 is 12.6. The molecule has 0 aliphatic rings. The van der Waals surface area contributed by atoms with Crippen LogP contribution in [0, 0.1) is 0 Å². The Labute approximate surface area is 128 Å². The van der Waals surface area contributed by atoms with Crippen LogP contribution >= 0.6 is 35.0 Å². The molecule has 2 aromatic carbocycles. The molecule has 0 amide bonds. The summed E-state index contributed by atoms with van der Waals surface area (Å²) in [4.78, 5) is 16.3. The topological polar surface area (TPSA) is 43.1 Å². The summed E-state index contributed by atoms with van der Waals surface area (Å²) in [6.07, 6.45) is 0. The van der Waals surface area contributed by atoms with Crippen molar-refractivity contribution in [2.75, 3.05) is 0 Å². The number of hydrogen-bond donors (Lipinski definition) is 0. The van der Waals surface area contributed by atoms with Crippen LogP contribution < -0.4 is 0 Å². The Morgan fingerprint density at radius 1 is 1.05 bits per heavy atom. The van der Waals surface area contributed by atoms with Gasteiger partial charge in [-0.2, -0.15) is 0 Å². The van der Waals surface area contributed by atoms with E-state index < -0.39 is 0 Å². The van der Waals surface area contributed by atoms with Gasteiger partial charge in [0.25, 0.3) is 5.22 Å². The normalized spacial score (nSPS) is 10.9. The molecule has 0 bridgehead atoms. The van der Waals surface area contributed by atoms with Crippen LogP contribution in [-0.2, 0) is 0 Å². The molecule has 0 aliphatic heterocycles. The van der Waals surface area contributed by atoms with Crippen molar-refractivity contribution in [3.8, 4) is 0 Å². The molecular formula is C14H7Cl2NO2S. The lowest BCUT2D eigenvalue weighted by molar-refractivity contribution is 0.108. The summed E-state index contributed by atoms with van der Waals surface area (Å²) in [5.74, 6) is 0. The largest absolute Gasteiger partial charge is 0.431 e. The van der Waals surface area contributed by atoms with Gasteiger partial charge in [0.15, 0.2) is 5.58 Å². The Morgan fingerprint density at radius 3 is 2.50 bits per heavy atom. The van der Waals surface area contributed by atoms with E-state index in [9.17, 15) is 4.79 Å². The second-order valence-electron chi connectivity index (χ2n) is 3.99. The minimum Gasteiger partial charge on any atom is -0.431 e. The van der Waals surface area contributed by atoms with E-state index in [4.69, 9.17) is 27.6 Å². The van der Waals surface area contributed by atoms with Gasteiger partial charge in [-0.3, -0.25) is 4.79 Å². The Bertz CT molecular complexity index is 783. The number of carbonyl (C=O) groups is 1. The van der Waals surface area contributed by atoms with Crippen molar-refractivity contribution >= 4 is 51.2 Å². The Kier molecular flexibility index (Phi) is 3.70. The smallest absolute Gasteiger partial charge is 0.264 e. The van der Waals surface area contributed by atoms with Gasteiger partial charge in [-0.25, -0.2) is 4.98 Å². The Hall–Kier alpha value is -1.49. The van der Waals surface area contributed by atoms with Crippen molar-refractivity contribution in [3.05, 3.63) is 58.1 Å². The summed E-state index contributed by atoms with van der Waals surface area (Å²) < 4.78 is 5.49. The third kappa shape index (κ3) is 2.82. The minimum atomic E-state index is -0.153. The second kappa shape index (κ2) is 5.48. The first-order valence-electron chi connectivity index (χ1n) is 5.66.